The van der Waals surface area contributed by atoms with E-state index in [1.807, 2.05) is 18.2 Å². The summed E-state index contributed by atoms with van der Waals surface area (Å²) in [5.74, 6) is -2.50. The number of anilines is 1. The normalized spacial score (nSPS) is 32.8. The Morgan fingerprint density at radius 2 is 2.04 bits per heavy atom. The molecule has 0 saturated carbocycles. The first-order valence-corrected chi connectivity index (χ1v) is 9.22. The summed E-state index contributed by atoms with van der Waals surface area (Å²) in [5.41, 5.74) is 0.140. The highest BCUT2D eigenvalue weighted by atomic mass is 16.5. The van der Waals surface area contributed by atoms with E-state index in [9.17, 15) is 19.5 Å². The quantitative estimate of drug-likeness (QED) is 0.443. The van der Waals surface area contributed by atoms with Gasteiger partial charge < -0.3 is 20.5 Å². The topological polar surface area (TPSA) is 113 Å². The molecule has 0 unspecified atom stereocenters. The van der Waals surface area contributed by atoms with Crippen LogP contribution in [0.5, 0.6) is 0 Å². The number of fused-ring (bicyclic) bond motifs is 4. The summed E-state index contributed by atoms with van der Waals surface area (Å²) in [5, 5.41) is 14.9. The van der Waals surface area contributed by atoms with Crippen molar-refractivity contribution in [2.75, 3.05) is 25.6 Å². The minimum atomic E-state index is -1.22. The van der Waals surface area contributed by atoms with Gasteiger partial charge in [0.1, 0.15) is 24.0 Å². The van der Waals surface area contributed by atoms with Crippen molar-refractivity contribution in [3.63, 3.8) is 0 Å². The van der Waals surface area contributed by atoms with Crippen LogP contribution >= 0.6 is 0 Å². The van der Waals surface area contributed by atoms with Gasteiger partial charge in [0.25, 0.3) is 5.91 Å². The molecule has 4 rings (SSSR count). The summed E-state index contributed by atoms with van der Waals surface area (Å²) >= 11 is 0. The Labute approximate surface area is 156 Å². The number of benzene rings is 1. The Balaban J connectivity index is 1.79. The fraction of sp³-hybridized carbons (Fsp3) is 0.526. The maximum atomic E-state index is 13.3. The second-order valence-corrected chi connectivity index (χ2v) is 7.53. The molecule has 0 bridgehead atoms. The van der Waals surface area contributed by atoms with E-state index >= 15 is 0 Å². The first-order chi connectivity index (χ1) is 12.9. The van der Waals surface area contributed by atoms with Gasteiger partial charge in [-0.1, -0.05) is 18.2 Å². The maximum absolute atomic E-state index is 13.3. The van der Waals surface area contributed by atoms with Gasteiger partial charge in [0, 0.05) is 25.8 Å². The van der Waals surface area contributed by atoms with Gasteiger partial charge in [-0.15, -0.1) is 0 Å². The SMILES string of the molecule is COCCCN1C(=O)[C@@H]2[C@H]([C@H](C)O)[NH2+][C@]3(C(=O)Nc4ccccc43)[C@@H]2C1=O. The molecule has 3 amide bonds. The fourth-order valence-corrected chi connectivity index (χ4v) is 4.93. The van der Waals surface area contributed by atoms with E-state index in [1.54, 1.807) is 25.4 Å². The molecule has 8 nitrogen and oxygen atoms in total. The number of quaternary nitrogens is 1. The van der Waals surface area contributed by atoms with Gasteiger partial charge in [0.2, 0.25) is 17.4 Å². The van der Waals surface area contributed by atoms with Crippen molar-refractivity contribution in [3.05, 3.63) is 29.8 Å². The van der Waals surface area contributed by atoms with Gasteiger partial charge >= 0.3 is 0 Å². The van der Waals surface area contributed by atoms with Crippen LogP contribution in [-0.4, -0.2) is 60.1 Å². The molecule has 0 aromatic heterocycles. The third kappa shape index (κ3) is 2.37. The molecule has 27 heavy (non-hydrogen) atoms. The first-order valence-electron chi connectivity index (χ1n) is 9.22. The Kier molecular flexibility index (Phi) is 4.29. The van der Waals surface area contributed by atoms with Crippen molar-refractivity contribution in [3.8, 4) is 0 Å². The number of nitrogens with two attached hydrogens (primary N) is 1. The second-order valence-electron chi connectivity index (χ2n) is 7.53. The third-order valence-corrected chi connectivity index (χ3v) is 6.09. The molecule has 3 aliphatic heterocycles. The van der Waals surface area contributed by atoms with Crippen LogP contribution in [0.1, 0.15) is 18.9 Å². The number of nitrogens with one attached hydrogen (secondary N) is 1. The van der Waals surface area contributed by atoms with Crippen LogP contribution < -0.4 is 10.6 Å². The molecule has 5 atom stereocenters. The Morgan fingerprint density at radius 3 is 2.74 bits per heavy atom. The van der Waals surface area contributed by atoms with Crippen LogP contribution in [-0.2, 0) is 24.7 Å². The number of carbonyl (C=O) groups excluding carboxylic acids is 3. The van der Waals surface area contributed by atoms with Crippen molar-refractivity contribution >= 4 is 23.4 Å². The maximum Gasteiger partial charge on any atom is 0.291 e. The molecule has 1 spiro atoms. The predicted octanol–water partition coefficient (Wildman–Crippen LogP) is -1.20. The summed E-state index contributed by atoms with van der Waals surface area (Å²) < 4.78 is 5.02. The van der Waals surface area contributed by atoms with E-state index < -0.39 is 29.5 Å². The standard InChI is InChI=1S/C19H23N3O5/c1-10(23)15-13-14(17(25)22(16(13)24)8-5-9-27-2)19(21-15)11-6-3-4-7-12(11)20-18(19)26/h3-4,6-7,10,13-15,21,23H,5,8-9H2,1-2H3,(H,20,26)/p+1/t10-,13-,14-,15-,19-/m0/s1. The molecule has 2 fully saturated rings. The van der Waals surface area contributed by atoms with Crippen LogP contribution in [0.3, 0.4) is 0 Å². The van der Waals surface area contributed by atoms with Crippen molar-refractivity contribution in [1.29, 1.82) is 0 Å². The lowest BCUT2D eigenvalue weighted by molar-refractivity contribution is -0.738. The lowest BCUT2D eigenvalue weighted by Crippen LogP contribution is -3.00. The van der Waals surface area contributed by atoms with Crippen LogP contribution in [0, 0.1) is 11.8 Å². The summed E-state index contributed by atoms with van der Waals surface area (Å²) in [6.07, 6.45) is -0.306. The number of carbonyl (C=O) groups is 3. The van der Waals surface area contributed by atoms with E-state index in [2.05, 4.69) is 5.32 Å². The Hall–Kier alpha value is -2.29. The zero-order valence-corrected chi connectivity index (χ0v) is 15.3. The molecule has 1 aromatic rings. The molecule has 3 heterocycles. The molecule has 8 heteroatoms. The average Bonchev–Trinajstić information content (AvgIpc) is 3.22. The monoisotopic (exact) mass is 374 g/mol. The lowest BCUT2D eigenvalue weighted by atomic mass is 9.76. The number of rotatable bonds is 5. The number of aliphatic hydroxyl groups excluding tert-OH is 1. The number of ether oxygens (including phenoxy) is 1. The third-order valence-electron chi connectivity index (χ3n) is 6.09. The Morgan fingerprint density at radius 1 is 1.30 bits per heavy atom. The van der Waals surface area contributed by atoms with Crippen LogP contribution in [0.2, 0.25) is 0 Å². The summed E-state index contributed by atoms with van der Waals surface area (Å²) in [6, 6.07) is 6.68. The second kappa shape index (κ2) is 6.40. The molecule has 144 valence electrons. The van der Waals surface area contributed by atoms with Gasteiger partial charge in [-0.05, 0) is 19.4 Å². The highest BCUT2D eigenvalue weighted by molar-refractivity contribution is 6.13. The fourth-order valence-electron chi connectivity index (χ4n) is 4.93. The largest absolute Gasteiger partial charge is 0.387 e. The van der Waals surface area contributed by atoms with Gasteiger partial charge in [0.15, 0.2) is 0 Å². The van der Waals surface area contributed by atoms with Gasteiger partial charge in [-0.25, -0.2) is 0 Å². The van der Waals surface area contributed by atoms with E-state index in [0.717, 1.165) is 0 Å². The highest BCUT2D eigenvalue weighted by Crippen LogP contribution is 2.49. The molecule has 1 aromatic carbocycles. The molecule has 3 aliphatic rings. The van der Waals surface area contributed by atoms with Crippen molar-refractivity contribution in [1.82, 2.24) is 4.90 Å². The minimum Gasteiger partial charge on any atom is -0.387 e. The van der Waals surface area contributed by atoms with Gasteiger partial charge in [-0.2, -0.15) is 0 Å². The van der Waals surface area contributed by atoms with E-state index in [1.165, 1.54) is 4.90 Å². The van der Waals surface area contributed by atoms with Crippen molar-refractivity contribution < 1.29 is 29.5 Å². The number of amides is 3. The van der Waals surface area contributed by atoms with Crippen LogP contribution in [0.15, 0.2) is 24.3 Å². The zero-order chi connectivity index (χ0) is 19.3. The predicted molar refractivity (Wildman–Crippen MR) is 94.3 cm³/mol. The van der Waals surface area contributed by atoms with Gasteiger partial charge in [0.05, 0.1) is 5.69 Å². The smallest absolute Gasteiger partial charge is 0.291 e. The molecule has 0 radical (unpaired) electrons. The van der Waals surface area contributed by atoms with Gasteiger partial charge in [-0.3, -0.25) is 19.3 Å². The molecular formula is C19H24N3O5+. The minimum absolute atomic E-state index is 0.254. The zero-order valence-electron chi connectivity index (χ0n) is 15.3. The summed E-state index contributed by atoms with van der Waals surface area (Å²) in [6.45, 7) is 2.29. The first kappa shape index (κ1) is 18.1. The summed E-state index contributed by atoms with van der Waals surface area (Å²) in [7, 11) is 1.57. The van der Waals surface area contributed by atoms with E-state index in [-0.39, 0.29) is 24.3 Å². The number of nitrogens with zero attached hydrogens (tertiary/aromatic N) is 1. The van der Waals surface area contributed by atoms with E-state index in [4.69, 9.17) is 4.74 Å². The van der Waals surface area contributed by atoms with Crippen LogP contribution in [0.4, 0.5) is 5.69 Å². The Bertz CT molecular complexity index is 810. The molecule has 2 saturated heterocycles. The molecular weight excluding hydrogens is 350 g/mol. The van der Waals surface area contributed by atoms with Crippen molar-refractivity contribution in [2.45, 2.75) is 31.0 Å². The number of aliphatic hydroxyl groups is 1. The highest BCUT2D eigenvalue weighted by Gasteiger charge is 2.74. The average molecular weight is 374 g/mol. The van der Waals surface area contributed by atoms with Crippen molar-refractivity contribution in [2.24, 2.45) is 11.8 Å². The lowest BCUT2D eigenvalue weighted by Gasteiger charge is -2.27. The molecule has 4 N–H and O–H groups in total. The molecule has 0 aliphatic carbocycles. The number of likely N-dealkylation sites (tertiary alicyclic amines) is 1. The van der Waals surface area contributed by atoms with E-state index in [0.29, 0.717) is 24.3 Å². The number of methoxy groups -OCH3 is 1. The number of hydrogen-bond acceptors (Lipinski definition) is 5. The number of para-hydroxylation sites is 1. The number of hydrogen-bond donors (Lipinski definition) is 3. The summed E-state index contributed by atoms with van der Waals surface area (Å²) in [4.78, 5) is 40.6. The van der Waals surface area contributed by atoms with Crippen LogP contribution in [0.25, 0.3) is 0 Å². The number of imide groups is 1.